The smallest absolute Gasteiger partial charge is 0.404 e. The molecule has 1 unspecified atom stereocenters. The first kappa shape index (κ1) is 11.1. The minimum Gasteiger partial charge on any atom is -0.465 e. The third kappa shape index (κ3) is 2.58. The summed E-state index contributed by atoms with van der Waals surface area (Å²) in [5.41, 5.74) is 1.08. The van der Waals surface area contributed by atoms with Gasteiger partial charge in [-0.15, -0.1) is 0 Å². The molecule has 1 heterocycles. The molecule has 0 aliphatic carbocycles. The highest BCUT2D eigenvalue weighted by Crippen LogP contribution is 2.22. The molecular formula is C11H13ClN2O2. The van der Waals surface area contributed by atoms with Gasteiger partial charge < -0.3 is 15.3 Å². The molecule has 0 bridgehead atoms. The van der Waals surface area contributed by atoms with E-state index in [0.717, 1.165) is 18.7 Å². The topological polar surface area (TPSA) is 52.6 Å². The van der Waals surface area contributed by atoms with Gasteiger partial charge in [0.15, 0.2) is 0 Å². The molecule has 1 aromatic carbocycles. The van der Waals surface area contributed by atoms with Crippen LogP contribution in [0.15, 0.2) is 24.3 Å². The Morgan fingerprint density at radius 1 is 1.44 bits per heavy atom. The molecule has 1 fully saturated rings. The maximum atomic E-state index is 10.5. The first-order valence-corrected chi connectivity index (χ1v) is 5.53. The number of hydrogen-bond acceptors (Lipinski definition) is 2. The summed E-state index contributed by atoms with van der Waals surface area (Å²) < 4.78 is 0. The van der Waals surface area contributed by atoms with Crippen molar-refractivity contribution in [3.05, 3.63) is 29.3 Å². The van der Waals surface area contributed by atoms with Crippen molar-refractivity contribution in [3.63, 3.8) is 0 Å². The molecular weight excluding hydrogens is 228 g/mol. The third-order valence-corrected chi connectivity index (χ3v) is 2.96. The average Bonchev–Trinajstić information content (AvgIpc) is 2.66. The van der Waals surface area contributed by atoms with Gasteiger partial charge in [0.25, 0.3) is 0 Å². The zero-order valence-electron chi connectivity index (χ0n) is 8.69. The number of rotatable bonds is 2. The average molecular weight is 241 g/mol. The van der Waals surface area contributed by atoms with Crippen LogP contribution in [-0.2, 0) is 0 Å². The van der Waals surface area contributed by atoms with Crippen molar-refractivity contribution in [2.24, 2.45) is 0 Å². The molecule has 1 aromatic rings. The second kappa shape index (κ2) is 4.61. The van der Waals surface area contributed by atoms with E-state index >= 15 is 0 Å². The Balaban J connectivity index is 1.98. The molecule has 4 nitrogen and oxygen atoms in total. The monoisotopic (exact) mass is 240 g/mol. The van der Waals surface area contributed by atoms with E-state index in [1.54, 1.807) is 0 Å². The lowest BCUT2D eigenvalue weighted by Crippen LogP contribution is -2.35. The second-order valence-electron chi connectivity index (χ2n) is 3.86. The Bertz CT molecular complexity index is 380. The molecule has 16 heavy (non-hydrogen) atoms. The summed E-state index contributed by atoms with van der Waals surface area (Å²) in [5.74, 6) is 0. The van der Waals surface area contributed by atoms with Crippen molar-refractivity contribution >= 4 is 23.4 Å². The van der Waals surface area contributed by atoms with Crippen LogP contribution >= 0.6 is 11.6 Å². The SMILES string of the molecule is O=C(O)NC1CCN(c2ccc(Cl)cc2)C1. The van der Waals surface area contributed by atoms with Crippen molar-refractivity contribution in [3.8, 4) is 0 Å². The van der Waals surface area contributed by atoms with Crippen LogP contribution in [0.25, 0.3) is 0 Å². The maximum absolute atomic E-state index is 10.5. The first-order valence-electron chi connectivity index (χ1n) is 5.15. The third-order valence-electron chi connectivity index (χ3n) is 2.71. The van der Waals surface area contributed by atoms with E-state index in [9.17, 15) is 4.79 Å². The Morgan fingerprint density at radius 3 is 2.75 bits per heavy atom. The van der Waals surface area contributed by atoms with Gasteiger partial charge in [-0.25, -0.2) is 4.79 Å². The van der Waals surface area contributed by atoms with Gasteiger partial charge in [-0.1, -0.05) is 11.6 Å². The van der Waals surface area contributed by atoms with Gasteiger partial charge in [0.05, 0.1) is 6.04 Å². The summed E-state index contributed by atoms with van der Waals surface area (Å²) in [4.78, 5) is 12.6. The van der Waals surface area contributed by atoms with Crippen molar-refractivity contribution < 1.29 is 9.90 Å². The van der Waals surface area contributed by atoms with Gasteiger partial charge in [-0.2, -0.15) is 0 Å². The Kier molecular flexibility index (Phi) is 3.19. The Labute approximate surface area is 98.8 Å². The summed E-state index contributed by atoms with van der Waals surface area (Å²) in [6, 6.07) is 7.61. The number of anilines is 1. The molecule has 2 rings (SSSR count). The normalized spacial score (nSPS) is 19.8. The maximum Gasteiger partial charge on any atom is 0.404 e. The lowest BCUT2D eigenvalue weighted by molar-refractivity contribution is 0.191. The van der Waals surface area contributed by atoms with Gasteiger partial charge in [0.2, 0.25) is 0 Å². The molecule has 2 N–H and O–H groups in total. The van der Waals surface area contributed by atoms with Crippen LogP contribution in [0, 0.1) is 0 Å². The summed E-state index contributed by atoms with van der Waals surface area (Å²) in [7, 11) is 0. The van der Waals surface area contributed by atoms with Crippen molar-refractivity contribution in [2.45, 2.75) is 12.5 Å². The summed E-state index contributed by atoms with van der Waals surface area (Å²) in [6.07, 6.45) is -0.113. The summed E-state index contributed by atoms with van der Waals surface area (Å²) in [5, 5.41) is 11.8. The molecule has 1 saturated heterocycles. The molecule has 0 aromatic heterocycles. The number of carboxylic acid groups (broad SMARTS) is 1. The quantitative estimate of drug-likeness (QED) is 0.833. The van der Waals surface area contributed by atoms with E-state index in [2.05, 4.69) is 10.2 Å². The molecule has 0 saturated carbocycles. The van der Waals surface area contributed by atoms with Crippen LogP contribution in [0.1, 0.15) is 6.42 Å². The van der Waals surface area contributed by atoms with Gasteiger partial charge in [0, 0.05) is 23.8 Å². The first-order chi connectivity index (χ1) is 7.65. The molecule has 0 radical (unpaired) electrons. The van der Waals surface area contributed by atoms with E-state index in [1.165, 1.54) is 0 Å². The van der Waals surface area contributed by atoms with Crippen LogP contribution in [0.5, 0.6) is 0 Å². The number of hydrogen-bond donors (Lipinski definition) is 2. The number of amides is 1. The Hall–Kier alpha value is -1.42. The fourth-order valence-electron chi connectivity index (χ4n) is 1.94. The highest BCUT2D eigenvalue weighted by Gasteiger charge is 2.23. The lowest BCUT2D eigenvalue weighted by atomic mass is 10.3. The van der Waals surface area contributed by atoms with Crippen molar-refractivity contribution in [2.75, 3.05) is 18.0 Å². The van der Waals surface area contributed by atoms with Crippen LogP contribution in [0.3, 0.4) is 0 Å². The molecule has 5 heteroatoms. The number of carbonyl (C=O) groups is 1. The van der Waals surface area contributed by atoms with Crippen LogP contribution < -0.4 is 10.2 Å². The minimum absolute atomic E-state index is 0.0215. The molecule has 0 spiro atoms. The van der Waals surface area contributed by atoms with Crippen molar-refractivity contribution in [1.29, 1.82) is 0 Å². The number of nitrogens with zero attached hydrogens (tertiary/aromatic N) is 1. The zero-order chi connectivity index (χ0) is 11.5. The van der Waals surface area contributed by atoms with Gasteiger partial charge in [-0.05, 0) is 30.7 Å². The molecule has 1 amide bonds. The molecule has 1 aliphatic heterocycles. The Morgan fingerprint density at radius 2 is 2.12 bits per heavy atom. The van der Waals surface area contributed by atoms with E-state index in [0.29, 0.717) is 11.6 Å². The number of nitrogens with one attached hydrogen (secondary N) is 1. The van der Waals surface area contributed by atoms with E-state index in [1.807, 2.05) is 24.3 Å². The van der Waals surface area contributed by atoms with Gasteiger partial charge in [0.1, 0.15) is 0 Å². The van der Waals surface area contributed by atoms with Crippen LogP contribution in [-0.4, -0.2) is 30.3 Å². The largest absolute Gasteiger partial charge is 0.465 e. The van der Waals surface area contributed by atoms with Gasteiger partial charge in [-0.3, -0.25) is 0 Å². The fraction of sp³-hybridized carbons (Fsp3) is 0.364. The predicted molar refractivity (Wildman–Crippen MR) is 63.2 cm³/mol. The standard InChI is InChI=1S/C11H13ClN2O2/c12-8-1-3-10(4-2-8)14-6-5-9(7-14)13-11(15)16/h1-4,9,13H,5-7H2,(H,15,16). The van der Waals surface area contributed by atoms with E-state index in [-0.39, 0.29) is 6.04 Å². The predicted octanol–water partition coefficient (Wildman–Crippen LogP) is 2.19. The summed E-state index contributed by atoms with van der Waals surface area (Å²) >= 11 is 5.81. The van der Waals surface area contributed by atoms with Gasteiger partial charge >= 0.3 is 6.09 Å². The molecule has 1 aliphatic rings. The van der Waals surface area contributed by atoms with Crippen LogP contribution in [0.4, 0.5) is 10.5 Å². The molecule has 86 valence electrons. The molecule has 1 atom stereocenters. The number of benzene rings is 1. The summed E-state index contributed by atoms with van der Waals surface area (Å²) in [6.45, 7) is 1.58. The second-order valence-corrected chi connectivity index (χ2v) is 4.29. The highest BCUT2D eigenvalue weighted by molar-refractivity contribution is 6.30. The number of halogens is 1. The fourth-order valence-corrected chi connectivity index (χ4v) is 2.07. The van der Waals surface area contributed by atoms with E-state index < -0.39 is 6.09 Å². The minimum atomic E-state index is -0.956. The lowest BCUT2D eigenvalue weighted by Gasteiger charge is -2.18. The zero-order valence-corrected chi connectivity index (χ0v) is 9.44. The van der Waals surface area contributed by atoms with Crippen molar-refractivity contribution in [1.82, 2.24) is 5.32 Å². The highest BCUT2D eigenvalue weighted by atomic mass is 35.5. The van der Waals surface area contributed by atoms with Crippen LogP contribution in [0.2, 0.25) is 5.02 Å². The van der Waals surface area contributed by atoms with E-state index in [4.69, 9.17) is 16.7 Å².